The summed E-state index contributed by atoms with van der Waals surface area (Å²) >= 11 is 0. The summed E-state index contributed by atoms with van der Waals surface area (Å²) in [4.78, 5) is 35.7. The number of piperidine rings is 1. The van der Waals surface area contributed by atoms with Gasteiger partial charge in [-0.15, -0.1) is 0 Å². The number of benzene rings is 1. The quantitative estimate of drug-likeness (QED) is 0.427. The van der Waals surface area contributed by atoms with Crippen molar-refractivity contribution in [3.63, 3.8) is 0 Å². The molecule has 10 nitrogen and oxygen atoms in total. The Kier molecular flexibility index (Phi) is 7.67. The van der Waals surface area contributed by atoms with Gasteiger partial charge in [0.25, 0.3) is 10.0 Å². The van der Waals surface area contributed by atoms with Crippen LogP contribution >= 0.6 is 0 Å². The standard InChI is InChI=1S/C30H37N5O5S/c1-6-40-29(37)34-13-11-21(12-14-34)25-16-24-26(17-30(4,5)18-27(24)36)35(25)22-7-9-23(10-8-22)41(38,39)33-28-31-19(2)15-20(3)32-28/h7-10,15-16,21H,6,11-14,17-18H2,1-5H3,(H,31,32,33). The Balaban J connectivity index is 1.48. The van der Waals surface area contributed by atoms with Gasteiger partial charge in [0.15, 0.2) is 5.78 Å². The Morgan fingerprint density at radius 1 is 1.05 bits per heavy atom. The second-order valence-electron chi connectivity index (χ2n) is 11.7. The third-order valence-corrected chi connectivity index (χ3v) is 9.11. The monoisotopic (exact) mass is 579 g/mol. The van der Waals surface area contributed by atoms with E-state index in [1.54, 1.807) is 56.0 Å². The number of Topliss-reactive ketones (excluding diaryl/α,β-unsaturated/α-hetero) is 1. The molecule has 0 bridgehead atoms. The van der Waals surface area contributed by atoms with Gasteiger partial charge in [-0.1, -0.05) is 13.8 Å². The number of aromatic nitrogens is 3. The molecule has 1 aliphatic carbocycles. The number of hydrogen-bond acceptors (Lipinski definition) is 7. The minimum absolute atomic E-state index is 0.0308. The molecule has 1 fully saturated rings. The Hall–Kier alpha value is -3.73. The first-order valence-electron chi connectivity index (χ1n) is 14.0. The minimum Gasteiger partial charge on any atom is -0.450 e. The normalized spacial score (nSPS) is 17.3. The van der Waals surface area contributed by atoms with Crippen LogP contribution in [0.5, 0.6) is 0 Å². The molecule has 5 rings (SSSR count). The average molecular weight is 580 g/mol. The summed E-state index contributed by atoms with van der Waals surface area (Å²) in [6, 6.07) is 10.5. The van der Waals surface area contributed by atoms with E-state index >= 15 is 0 Å². The number of likely N-dealkylation sites (tertiary alicyclic amines) is 1. The highest BCUT2D eigenvalue weighted by Crippen LogP contribution is 2.41. The fourth-order valence-electron chi connectivity index (χ4n) is 5.94. The number of anilines is 1. The van der Waals surface area contributed by atoms with Gasteiger partial charge in [-0.25, -0.2) is 27.9 Å². The number of nitrogens with zero attached hydrogens (tertiary/aromatic N) is 4. The lowest BCUT2D eigenvalue weighted by Crippen LogP contribution is -2.38. The second-order valence-corrected chi connectivity index (χ2v) is 13.4. The van der Waals surface area contributed by atoms with E-state index < -0.39 is 10.0 Å². The summed E-state index contributed by atoms with van der Waals surface area (Å²) in [7, 11) is -3.91. The van der Waals surface area contributed by atoms with Crippen molar-refractivity contribution in [2.45, 2.75) is 71.1 Å². The highest BCUT2D eigenvalue weighted by molar-refractivity contribution is 7.92. The first-order valence-corrected chi connectivity index (χ1v) is 15.5. The molecule has 0 spiro atoms. The molecule has 2 aromatic heterocycles. The zero-order valence-electron chi connectivity index (χ0n) is 24.2. The molecule has 0 saturated carbocycles. The van der Waals surface area contributed by atoms with Gasteiger partial charge in [-0.05, 0) is 81.8 Å². The summed E-state index contributed by atoms with van der Waals surface area (Å²) in [5.41, 5.74) is 4.64. The summed E-state index contributed by atoms with van der Waals surface area (Å²) < 4.78 is 36.1. The van der Waals surface area contributed by atoms with Crippen LogP contribution in [-0.2, 0) is 21.2 Å². The number of aryl methyl sites for hydroxylation is 2. The minimum atomic E-state index is -3.91. The SMILES string of the molecule is CCOC(=O)N1CCC(c2cc3c(n2-c2ccc(S(=O)(=O)Nc4nc(C)cc(C)n4)cc2)CC(C)(C)CC3=O)CC1. The molecule has 0 unspecified atom stereocenters. The third-order valence-electron chi connectivity index (χ3n) is 7.77. The number of amides is 1. The summed E-state index contributed by atoms with van der Waals surface area (Å²) in [6.07, 6.45) is 2.39. The predicted molar refractivity (Wildman–Crippen MR) is 155 cm³/mol. The third kappa shape index (κ3) is 6.00. The van der Waals surface area contributed by atoms with Gasteiger partial charge in [0, 0.05) is 59.5 Å². The summed E-state index contributed by atoms with van der Waals surface area (Å²) in [5.74, 6) is 0.286. The number of ketones is 1. The van der Waals surface area contributed by atoms with Crippen LogP contribution in [0.2, 0.25) is 0 Å². The number of nitrogens with one attached hydrogen (secondary N) is 1. The van der Waals surface area contributed by atoms with E-state index in [0.29, 0.717) is 37.5 Å². The highest BCUT2D eigenvalue weighted by Gasteiger charge is 2.37. The Bertz CT molecular complexity index is 1570. The lowest BCUT2D eigenvalue weighted by atomic mass is 9.76. The molecule has 41 heavy (non-hydrogen) atoms. The fraction of sp³-hybridized carbons (Fsp3) is 0.467. The molecule has 0 radical (unpaired) electrons. The van der Waals surface area contributed by atoms with E-state index in [1.807, 2.05) is 6.07 Å². The van der Waals surface area contributed by atoms with Crippen molar-refractivity contribution in [3.05, 3.63) is 64.7 Å². The molecule has 3 aromatic rings. The number of fused-ring (bicyclic) bond motifs is 1. The van der Waals surface area contributed by atoms with Crippen molar-refractivity contribution in [1.82, 2.24) is 19.4 Å². The molecular formula is C30H37N5O5S. The van der Waals surface area contributed by atoms with E-state index in [-0.39, 0.29) is 34.1 Å². The molecule has 2 aliphatic rings. The molecule has 1 aromatic carbocycles. The van der Waals surface area contributed by atoms with Crippen LogP contribution in [0.1, 0.15) is 79.1 Å². The van der Waals surface area contributed by atoms with Gasteiger partial charge in [0.2, 0.25) is 5.95 Å². The van der Waals surface area contributed by atoms with Crippen molar-refractivity contribution in [2.75, 3.05) is 24.4 Å². The molecule has 218 valence electrons. The molecule has 1 N–H and O–H groups in total. The lowest BCUT2D eigenvalue weighted by molar-refractivity contribution is 0.0909. The number of hydrogen-bond donors (Lipinski definition) is 1. The van der Waals surface area contributed by atoms with Gasteiger partial charge in [-0.2, -0.15) is 0 Å². The van der Waals surface area contributed by atoms with Crippen LogP contribution in [-0.4, -0.2) is 59.4 Å². The predicted octanol–water partition coefficient (Wildman–Crippen LogP) is 5.18. The summed E-state index contributed by atoms with van der Waals surface area (Å²) in [6.45, 7) is 11.0. The maximum atomic E-state index is 13.2. The van der Waals surface area contributed by atoms with Crippen LogP contribution in [0.4, 0.5) is 10.7 Å². The van der Waals surface area contributed by atoms with Crippen molar-refractivity contribution < 1.29 is 22.7 Å². The Labute approximate surface area is 241 Å². The van der Waals surface area contributed by atoms with Crippen molar-refractivity contribution in [2.24, 2.45) is 5.41 Å². The van der Waals surface area contributed by atoms with E-state index in [1.165, 1.54) is 0 Å². The molecular weight excluding hydrogens is 542 g/mol. The highest BCUT2D eigenvalue weighted by atomic mass is 32.2. The van der Waals surface area contributed by atoms with E-state index in [2.05, 4.69) is 33.1 Å². The van der Waals surface area contributed by atoms with Crippen molar-refractivity contribution in [3.8, 4) is 5.69 Å². The molecule has 1 saturated heterocycles. The topological polar surface area (TPSA) is 123 Å². The van der Waals surface area contributed by atoms with Gasteiger partial charge in [0.1, 0.15) is 0 Å². The largest absolute Gasteiger partial charge is 0.450 e. The fourth-order valence-corrected chi connectivity index (χ4v) is 6.88. The maximum Gasteiger partial charge on any atom is 0.409 e. The molecule has 3 heterocycles. The molecule has 1 aliphatic heterocycles. The van der Waals surface area contributed by atoms with Gasteiger partial charge in [0.05, 0.1) is 11.5 Å². The number of ether oxygens (including phenoxy) is 1. The Morgan fingerprint density at radius 3 is 2.29 bits per heavy atom. The number of sulfonamides is 1. The Morgan fingerprint density at radius 2 is 1.68 bits per heavy atom. The number of rotatable bonds is 6. The second kappa shape index (κ2) is 10.9. The van der Waals surface area contributed by atoms with Gasteiger partial charge < -0.3 is 14.2 Å². The van der Waals surface area contributed by atoms with Crippen molar-refractivity contribution >= 4 is 27.8 Å². The lowest BCUT2D eigenvalue weighted by Gasteiger charge is -2.33. The molecule has 0 atom stereocenters. The first-order chi connectivity index (χ1) is 19.4. The zero-order valence-corrected chi connectivity index (χ0v) is 25.0. The molecule has 11 heteroatoms. The number of carbonyl (C=O) groups excluding carboxylic acids is 2. The van der Waals surface area contributed by atoms with E-state index in [9.17, 15) is 18.0 Å². The van der Waals surface area contributed by atoms with Crippen LogP contribution in [0.15, 0.2) is 41.3 Å². The maximum absolute atomic E-state index is 13.2. The van der Waals surface area contributed by atoms with Crippen LogP contribution in [0, 0.1) is 19.3 Å². The smallest absolute Gasteiger partial charge is 0.409 e. The number of carbonyl (C=O) groups is 2. The average Bonchev–Trinajstić information content (AvgIpc) is 3.27. The van der Waals surface area contributed by atoms with Gasteiger partial charge >= 0.3 is 6.09 Å². The van der Waals surface area contributed by atoms with E-state index in [4.69, 9.17) is 4.74 Å². The summed E-state index contributed by atoms with van der Waals surface area (Å²) in [5, 5.41) is 0. The van der Waals surface area contributed by atoms with Gasteiger partial charge in [-0.3, -0.25) is 4.79 Å². The zero-order chi connectivity index (χ0) is 29.5. The first kappa shape index (κ1) is 28.8. The van der Waals surface area contributed by atoms with Crippen LogP contribution in [0.3, 0.4) is 0 Å². The molecule has 1 amide bonds. The van der Waals surface area contributed by atoms with Crippen LogP contribution < -0.4 is 4.72 Å². The van der Waals surface area contributed by atoms with Crippen molar-refractivity contribution in [1.29, 1.82) is 0 Å². The van der Waals surface area contributed by atoms with E-state index in [0.717, 1.165) is 41.9 Å². The van der Waals surface area contributed by atoms with Crippen LogP contribution in [0.25, 0.3) is 5.69 Å².